The predicted molar refractivity (Wildman–Crippen MR) is 98.9 cm³/mol. The number of likely N-dealkylation sites (tertiary alicyclic amines) is 1. The van der Waals surface area contributed by atoms with E-state index in [4.69, 9.17) is 0 Å². The molecule has 1 aliphatic heterocycles. The summed E-state index contributed by atoms with van der Waals surface area (Å²) in [6.45, 7) is 1.07. The van der Waals surface area contributed by atoms with Gasteiger partial charge in [-0.1, -0.05) is 48.5 Å². The largest absolute Gasteiger partial charge is 0.343 e. The maximum Gasteiger partial charge on any atom is 0.251 e. The van der Waals surface area contributed by atoms with E-state index in [2.05, 4.69) is 5.32 Å². The Morgan fingerprint density at radius 3 is 1.96 bits per heavy atom. The summed E-state index contributed by atoms with van der Waals surface area (Å²) in [4.78, 5) is 38.5. The number of Topliss-reactive ketones (excluding diaryl/α,β-unsaturated/α-hetero) is 1. The number of benzene rings is 2. The van der Waals surface area contributed by atoms with Crippen LogP contribution in [-0.2, 0) is 4.79 Å². The van der Waals surface area contributed by atoms with Crippen molar-refractivity contribution >= 4 is 17.6 Å². The van der Waals surface area contributed by atoms with Crippen molar-refractivity contribution in [2.24, 2.45) is 5.92 Å². The van der Waals surface area contributed by atoms with Gasteiger partial charge in [0.15, 0.2) is 5.78 Å². The predicted octanol–water partition coefficient (Wildman–Crippen LogP) is 2.54. The Morgan fingerprint density at radius 1 is 0.846 bits per heavy atom. The lowest BCUT2D eigenvalue weighted by Crippen LogP contribution is -2.45. The maximum absolute atomic E-state index is 12.5. The Bertz CT molecular complexity index is 766. The van der Waals surface area contributed by atoms with Gasteiger partial charge in [-0.3, -0.25) is 14.4 Å². The number of hydrogen-bond acceptors (Lipinski definition) is 3. The molecule has 1 fully saturated rings. The number of carbonyl (C=O) groups is 3. The molecule has 0 radical (unpaired) electrons. The van der Waals surface area contributed by atoms with Gasteiger partial charge >= 0.3 is 0 Å². The van der Waals surface area contributed by atoms with Crippen LogP contribution in [0.1, 0.15) is 33.6 Å². The van der Waals surface area contributed by atoms with E-state index in [0.29, 0.717) is 31.5 Å². The smallest absolute Gasteiger partial charge is 0.251 e. The summed E-state index contributed by atoms with van der Waals surface area (Å²) >= 11 is 0. The molecule has 1 saturated heterocycles. The van der Waals surface area contributed by atoms with Crippen LogP contribution >= 0.6 is 0 Å². The van der Waals surface area contributed by atoms with Gasteiger partial charge in [0.05, 0.1) is 6.54 Å². The van der Waals surface area contributed by atoms with Gasteiger partial charge < -0.3 is 10.2 Å². The van der Waals surface area contributed by atoms with Gasteiger partial charge in [-0.05, 0) is 25.0 Å². The molecule has 0 aromatic heterocycles. The zero-order chi connectivity index (χ0) is 18.4. The van der Waals surface area contributed by atoms with Crippen molar-refractivity contribution < 1.29 is 14.4 Å². The molecular formula is C21H22N2O3. The quantitative estimate of drug-likeness (QED) is 0.843. The summed E-state index contributed by atoms with van der Waals surface area (Å²) in [6, 6.07) is 18.1. The molecule has 5 nitrogen and oxygen atoms in total. The fraction of sp³-hybridized carbons (Fsp3) is 0.286. The van der Waals surface area contributed by atoms with Gasteiger partial charge in [0.1, 0.15) is 0 Å². The number of amides is 2. The minimum absolute atomic E-state index is 0.0228. The molecule has 0 aliphatic carbocycles. The van der Waals surface area contributed by atoms with Crippen molar-refractivity contribution in [3.63, 3.8) is 0 Å². The Labute approximate surface area is 153 Å². The van der Waals surface area contributed by atoms with Crippen LogP contribution in [0.2, 0.25) is 0 Å². The number of hydrogen-bond donors (Lipinski definition) is 1. The average molecular weight is 350 g/mol. The number of piperidine rings is 1. The molecular weight excluding hydrogens is 328 g/mol. The number of nitrogens with zero attached hydrogens (tertiary/aromatic N) is 1. The zero-order valence-corrected chi connectivity index (χ0v) is 14.6. The van der Waals surface area contributed by atoms with Gasteiger partial charge in [-0.15, -0.1) is 0 Å². The van der Waals surface area contributed by atoms with Crippen molar-refractivity contribution in [3.05, 3.63) is 71.8 Å². The molecule has 0 atom stereocenters. The van der Waals surface area contributed by atoms with E-state index in [1.807, 2.05) is 36.4 Å². The summed E-state index contributed by atoms with van der Waals surface area (Å²) in [7, 11) is 0. The summed E-state index contributed by atoms with van der Waals surface area (Å²) < 4.78 is 0. The molecule has 1 N–H and O–H groups in total. The highest BCUT2D eigenvalue weighted by molar-refractivity contribution is 5.98. The summed E-state index contributed by atoms with van der Waals surface area (Å²) in [5.74, 6) is -0.261. The van der Waals surface area contributed by atoms with Crippen LogP contribution < -0.4 is 5.32 Å². The normalized spacial score (nSPS) is 14.7. The molecule has 3 rings (SSSR count). The molecule has 1 heterocycles. The first-order valence-electron chi connectivity index (χ1n) is 8.85. The second-order valence-corrected chi connectivity index (χ2v) is 6.43. The molecule has 2 aromatic carbocycles. The average Bonchev–Trinajstić information content (AvgIpc) is 2.72. The fourth-order valence-corrected chi connectivity index (χ4v) is 3.19. The lowest BCUT2D eigenvalue weighted by Gasteiger charge is -2.31. The van der Waals surface area contributed by atoms with Crippen molar-refractivity contribution in [2.75, 3.05) is 19.6 Å². The van der Waals surface area contributed by atoms with Crippen LogP contribution in [0.4, 0.5) is 0 Å². The second-order valence-electron chi connectivity index (χ2n) is 6.43. The number of carbonyl (C=O) groups excluding carboxylic acids is 3. The van der Waals surface area contributed by atoms with E-state index in [1.54, 1.807) is 29.2 Å². The van der Waals surface area contributed by atoms with Crippen LogP contribution in [-0.4, -0.2) is 42.1 Å². The van der Waals surface area contributed by atoms with Gasteiger partial charge in [-0.2, -0.15) is 0 Å². The minimum Gasteiger partial charge on any atom is -0.343 e. The van der Waals surface area contributed by atoms with Crippen LogP contribution in [0.25, 0.3) is 0 Å². The van der Waals surface area contributed by atoms with E-state index >= 15 is 0 Å². The first kappa shape index (κ1) is 17.9. The molecule has 1 aliphatic rings. The van der Waals surface area contributed by atoms with E-state index in [9.17, 15) is 14.4 Å². The van der Waals surface area contributed by atoms with Crippen LogP contribution in [0, 0.1) is 5.92 Å². The Balaban J connectivity index is 1.46. The van der Waals surface area contributed by atoms with E-state index in [1.165, 1.54) is 0 Å². The van der Waals surface area contributed by atoms with E-state index in [0.717, 1.165) is 5.56 Å². The summed E-state index contributed by atoms with van der Waals surface area (Å²) in [5, 5.41) is 2.66. The number of ketones is 1. The van der Waals surface area contributed by atoms with Crippen molar-refractivity contribution in [1.82, 2.24) is 10.2 Å². The standard InChI is InChI=1S/C21H22N2O3/c24-19(15-22-21(26)18-9-5-2-6-10-18)23-13-11-17(12-14-23)20(25)16-7-3-1-4-8-16/h1-10,17H,11-15H2,(H,22,26). The lowest BCUT2D eigenvalue weighted by molar-refractivity contribution is -0.131. The molecule has 134 valence electrons. The molecule has 0 spiro atoms. The Morgan fingerprint density at radius 2 is 1.38 bits per heavy atom. The highest BCUT2D eigenvalue weighted by atomic mass is 16.2. The van der Waals surface area contributed by atoms with Gasteiger partial charge in [-0.25, -0.2) is 0 Å². The maximum atomic E-state index is 12.5. The number of nitrogens with one attached hydrogen (secondary N) is 1. The highest BCUT2D eigenvalue weighted by Crippen LogP contribution is 2.21. The molecule has 0 unspecified atom stereocenters. The second kappa shape index (κ2) is 8.43. The third-order valence-corrected chi connectivity index (χ3v) is 4.71. The van der Waals surface area contributed by atoms with Crippen LogP contribution in [0.5, 0.6) is 0 Å². The number of rotatable bonds is 5. The molecule has 2 aromatic rings. The monoisotopic (exact) mass is 350 g/mol. The Kier molecular flexibility index (Phi) is 5.79. The first-order valence-corrected chi connectivity index (χ1v) is 8.85. The minimum atomic E-state index is -0.256. The molecule has 0 bridgehead atoms. The summed E-state index contributed by atoms with van der Waals surface area (Å²) in [6.07, 6.45) is 1.32. The molecule has 0 saturated carbocycles. The fourth-order valence-electron chi connectivity index (χ4n) is 3.19. The lowest BCUT2D eigenvalue weighted by atomic mass is 9.89. The topological polar surface area (TPSA) is 66.5 Å². The zero-order valence-electron chi connectivity index (χ0n) is 14.6. The first-order chi connectivity index (χ1) is 12.6. The third-order valence-electron chi connectivity index (χ3n) is 4.71. The van der Waals surface area contributed by atoms with Gasteiger partial charge in [0.25, 0.3) is 5.91 Å². The van der Waals surface area contributed by atoms with Crippen molar-refractivity contribution in [1.29, 1.82) is 0 Å². The third kappa shape index (κ3) is 4.36. The van der Waals surface area contributed by atoms with E-state index in [-0.39, 0.29) is 30.1 Å². The van der Waals surface area contributed by atoms with Gasteiger partial charge in [0.2, 0.25) is 5.91 Å². The van der Waals surface area contributed by atoms with Crippen molar-refractivity contribution in [2.45, 2.75) is 12.8 Å². The molecule has 2 amide bonds. The SMILES string of the molecule is O=C(NCC(=O)N1CCC(C(=O)c2ccccc2)CC1)c1ccccc1. The van der Waals surface area contributed by atoms with E-state index < -0.39 is 0 Å². The van der Waals surface area contributed by atoms with Crippen LogP contribution in [0.3, 0.4) is 0 Å². The molecule has 26 heavy (non-hydrogen) atoms. The Hall–Kier alpha value is -2.95. The highest BCUT2D eigenvalue weighted by Gasteiger charge is 2.27. The van der Waals surface area contributed by atoms with Crippen molar-refractivity contribution in [3.8, 4) is 0 Å². The summed E-state index contributed by atoms with van der Waals surface area (Å²) in [5.41, 5.74) is 1.26. The van der Waals surface area contributed by atoms with Gasteiger partial charge in [0, 0.05) is 30.1 Å². The van der Waals surface area contributed by atoms with Crippen LogP contribution in [0.15, 0.2) is 60.7 Å². The molecule has 5 heteroatoms.